The van der Waals surface area contributed by atoms with Crippen LogP contribution in [-0.4, -0.2) is 9.78 Å². The fourth-order valence-electron chi connectivity index (χ4n) is 2.72. The highest BCUT2D eigenvalue weighted by atomic mass is 32.1. The topological polar surface area (TPSA) is 29.9 Å². The molecule has 3 nitrogen and oxygen atoms in total. The van der Waals surface area contributed by atoms with Crippen molar-refractivity contribution in [2.24, 2.45) is 0 Å². The SMILES string of the molecule is CCn1nccc1CNC1CCCc2sccc21. The minimum Gasteiger partial charge on any atom is -0.304 e. The molecule has 1 aliphatic carbocycles. The Kier molecular flexibility index (Phi) is 3.48. The van der Waals surface area contributed by atoms with Crippen molar-refractivity contribution < 1.29 is 0 Å². The van der Waals surface area contributed by atoms with Crippen LogP contribution in [0.3, 0.4) is 0 Å². The van der Waals surface area contributed by atoms with Gasteiger partial charge in [-0.3, -0.25) is 4.68 Å². The van der Waals surface area contributed by atoms with Crippen LogP contribution in [0.4, 0.5) is 0 Å². The first-order valence-electron chi connectivity index (χ1n) is 6.69. The second-order valence-electron chi connectivity index (χ2n) is 4.76. The molecule has 96 valence electrons. The molecule has 0 saturated carbocycles. The number of aromatic nitrogens is 2. The molecule has 0 aliphatic heterocycles. The molecule has 3 rings (SSSR count). The summed E-state index contributed by atoms with van der Waals surface area (Å²) in [4.78, 5) is 1.57. The number of nitrogens with one attached hydrogen (secondary N) is 1. The minimum atomic E-state index is 0.528. The van der Waals surface area contributed by atoms with E-state index >= 15 is 0 Å². The lowest BCUT2D eigenvalue weighted by atomic mass is 9.94. The van der Waals surface area contributed by atoms with Gasteiger partial charge in [-0.2, -0.15) is 5.10 Å². The molecule has 18 heavy (non-hydrogen) atoms. The summed E-state index contributed by atoms with van der Waals surface area (Å²) in [5, 5.41) is 10.2. The summed E-state index contributed by atoms with van der Waals surface area (Å²) in [6.45, 7) is 3.99. The molecule has 1 N–H and O–H groups in total. The summed E-state index contributed by atoms with van der Waals surface area (Å²) < 4.78 is 2.06. The Morgan fingerprint density at radius 1 is 1.50 bits per heavy atom. The van der Waals surface area contributed by atoms with Gasteiger partial charge in [-0.05, 0) is 49.3 Å². The van der Waals surface area contributed by atoms with E-state index in [1.165, 1.54) is 30.5 Å². The van der Waals surface area contributed by atoms with Gasteiger partial charge in [0.2, 0.25) is 0 Å². The molecule has 0 spiro atoms. The lowest BCUT2D eigenvalue weighted by molar-refractivity contribution is 0.450. The van der Waals surface area contributed by atoms with Gasteiger partial charge < -0.3 is 5.32 Å². The highest BCUT2D eigenvalue weighted by molar-refractivity contribution is 7.10. The van der Waals surface area contributed by atoms with E-state index in [4.69, 9.17) is 0 Å². The Morgan fingerprint density at radius 3 is 3.33 bits per heavy atom. The summed E-state index contributed by atoms with van der Waals surface area (Å²) >= 11 is 1.90. The number of hydrogen-bond donors (Lipinski definition) is 1. The van der Waals surface area contributed by atoms with Gasteiger partial charge in [0, 0.05) is 30.2 Å². The van der Waals surface area contributed by atoms with Gasteiger partial charge in [-0.25, -0.2) is 0 Å². The molecule has 0 radical (unpaired) electrons. The van der Waals surface area contributed by atoms with Crippen LogP contribution in [0.1, 0.15) is 41.9 Å². The lowest BCUT2D eigenvalue weighted by Gasteiger charge is -2.23. The summed E-state index contributed by atoms with van der Waals surface area (Å²) in [5.74, 6) is 0. The Hall–Kier alpha value is -1.13. The van der Waals surface area contributed by atoms with Gasteiger partial charge in [0.1, 0.15) is 0 Å². The van der Waals surface area contributed by atoms with Crippen LogP contribution in [0.25, 0.3) is 0 Å². The van der Waals surface area contributed by atoms with Gasteiger partial charge in [0.05, 0.1) is 5.69 Å². The summed E-state index contributed by atoms with van der Waals surface area (Å²) in [6.07, 6.45) is 5.71. The molecule has 1 unspecified atom stereocenters. The highest BCUT2D eigenvalue weighted by Crippen LogP contribution is 2.33. The maximum atomic E-state index is 4.31. The molecule has 0 bridgehead atoms. The Bertz CT molecular complexity index is 515. The number of aryl methyl sites for hydroxylation is 2. The van der Waals surface area contributed by atoms with Crippen molar-refractivity contribution in [1.82, 2.24) is 15.1 Å². The van der Waals surface area contributed by atoms with E-state index in [-0.39, 0.29) is 0 Å². The number of fused-ring (bicyclic) bond motifs is 1. The molecule has 0 fully saturated rings. The van der Waals surface area contributed by atoms with Crippen molar-refractivity contribution in [3.8, 4) is 0 Å². The van der Waals surface area contributed by atoms with Crippen LogP contribution in [0.5, 0.6) is 0 Å². The van der Waals surface area contributed by atoms with Gasteiger partial charge in [0.15, 0.2) is 0 Å². The van der Waals surface area contributed by atoms with E-state index < -0.39 is 0 Å². The zero-order valence-electron chi connectivity index (χ0n) is 10.7. The molecule has 2 heterocycles. The molecule has 0 aromatic carbocycles. The Balaban J connectivity index is 1.68. The van der Waals surface area contributed by atoms with E-state index in [0.29, 0.717) is 6.04 Å². The molecule has 2 aromatic heterocycles. The molecule has 0 amide bonds. The molecule has 4 heteroatoms. The normalized spacial score (nSPS) is 18.8. The van der Waals surface area contributed by atoms with Gasteiger partial charge in [0.25, 0.3) is 0 Å². The number of hydrogen-bond acceptors (Lipinski definition) is 3. The fraction of sp³-hybridized carbons (Fsp3) is 0.500. The minimum absolute atomic E-state index is 0.528. The molecule has 1 aliphatic rings. The van der Waals surface area contributed by atoms with Crippen molar-refractivity contribution >= 4 is 11.3 Å². The molecule has 1 atom stereocenters. The lowest BCUT2D eigenvalue weighted by Crippen LogP contribution is -2.25. The molecule has 0 saturated heterocycles. The smallest absolute Gasteiger partial charge is 0.0522 e. The zero-order chi connectivity index (χ0) is 12.4. The van der Waals surface area contributed by atoms with Crippen molar-refractivity contribution in [3.63, 3.8) is 0 Å². The Morgan fingerprint density at radius 2 is 2.44 bits per heavy atom. The molecular weight excluding hydrogens is 242 g/mol. The van der Waals surface area contributed by atoms with Crippen molar-refractivity contribution in [2.75, 3.05) is 0 Å². The predicted molar refractivity (Wildman–Crippen MR) is 74.7 cm³/mol. The third-order valence-electron chi connectivity index (χ3n) is 3.69. The summed E-state index contributed by atoms with van der Waals surface area (Å²) in [5.41, 5.74) is 2.80. The molecular formula is C14H19N3S. The van der Waals surface area contributed by atoms with Gasteiger partial charge in [-0.15, -0.1) is 11.3 Å². The standard InChI is InChI=1S/C14H19N3S/c1-2-17-11(6-8-16-17)10-15-13-4-3-5-14-12(13)7-9-18-14/h6-9,13,15H,2-5,10H2,1H3. The van der Waals surface area contributed by atoms with E-state index in [1.807, 2.05) is 17.5 Å². The number of thiophene rings is 1. The van der Waals surface area contributed by atoms with Crippen molar-refractivity contribution in [3.05, 3.63) is 39.8 Å². The number of rotatable bonds is 4. The largest absolute Gasteiger partial charge is 0.304 e. The average Bonchev–Trinajstić information content (AvgIpc) is 3.04. The second kappa shape index (κ2) is 5.24. The monoisotopic (exact) mass is 261 g/mol. The van der Waals surface area contributed by atoms with Crippen LogP contribution in [0.15, 0.2) is 23.7 Å². The first kappa shape index (κ1) is 11.9. The summed E-state index contributed by atoms with van der Waals surface area (Å²) in [7, 11) is 0. The van der Waals surface area contributed by atoms with Gasteiger partial charge in [-0.1, -0.05) is 0 Å². The maximum absolute atomic E-state index is 4.31. The molecule has 2 aromatic rings. The fourth-order valence-corrected chi connectivity index (χ4v) is 3.71. The number of nitrogens with zero attached hydrogens (tertiary/aromatic N) is 2. The van der Waals surface area contributed by atoms with E-state index in [9.17, 15) is 0 Å². The van der Waals surface area contributed by atoms with E-state index in [1.54, 1.807) is 4.88 Å². The van der Waals surface area contributed by atoms with Crippen LogP contribution in [-0.2, 0) is 19.5 Å². The van der Waals surface area contributed by atoms with Gasteiger partial charge >= 0.3 is 0 Å². The van der Waals surface area contributed by atoms with Crippen molar-refractivity contribution in [2.45, 2.75) is 45.3 Å². The van der Waals surface area contributed by atoms with Crippen molar-refractivity contribution in [1.29, 1.82) is 0 Å². The average molecular weight is 261 g/mol. The third kappa shape index (κ3) is 2.22. The van der Waals surface area contributed by atoms with Crippen LogP contribution >= 0.6 is 11.3 Å². The summed E-state index contributed by atoms with van der Waals surface area (Å²) in [6, 6.07) is 4.92. The van der Waals surface area contributed by atoms with Crippen LogP contribution in [0.2, 0.25) is 0 Å². The first-order valence-corrected chi connectivity index (χ1v) is 7.56. The van der Waals surface area contributed by atoms with E-state index in [2.05, 4.69) is 39.5 Å². The van der Waals surface area contributed by atoms with Crippen LogP contribution < -0.4 is 5.32 Å². The Labute approximate surface area is 112 Å². The third-order valence-corrected chi connectivity index (χ3v) is 4.68. The predicted octanol–water partition coefficient (Wildman–Crippen LogP) is 3.13. The quantitative estimate of drug-likeness (QED) is 0.916. The zero-order valence-corrected chi connectivity index (χ0v) is 11.5. The second-order valence-corrected chi connectivity index (χ2v) is 5.76. The highest BCUT2D eigenvalue weighted by Gasteiger charge is 2.20. The maximum Gasteiger partial charge on any atom is 0.0522 e. The van der Waals surface area contributed by atoms with Crippen LogP contribution in [0, 0.1) is 0 Å². The van der Waals surface area contributed by atoms with E-state index in [0.717, 1.165) is 13.1 Å². The first-order chi connectivity index (χ1) is 8.88.